The van der Waals surface area contributed by atoms with Crippen LogP contribution in [0.4, 0.5) is 0 Å². The van der Waals surface area contributed by atoms with E-state index in [0.29, 0.717) is 24.5 Å². The first-order chi connectivity index (χ1) is 9.25. The molecule has 102 valence electrons. The van der Waals surface area contributed by atoms with Crippen LogP contribution in [-0.2, 0) is 0 Å². The fraction of sp³-hybridized carbons (Fsp3) is 0.500. The zero-order valence-corrected chi connectivity index (χ0v) is 10.7. The number of hydrogen-bond donors (Lipinski definition) is 3. The number of hydrogen-bond acceptors (Lipinski definition) is 4. The van der Waals surface area contributed by atoms with E-state index in [1.165, 1.54) is 0 Å². The number of rotatable bonds is 2. The topological polar surface area (TPSA) is 70.6 Å². The Labute approximate surface area is 112 Å². The van der Waals surface area contributed by atoms with Crippen LogP contribution in [0, 0.1) is 0 Å². The van der Waals surface area contributed by atoms with Crippen LogP contribution in [-0.4, -0.2) is 36.8 Å². The third kappa shape index (κ3) is 2.43. The summed E-state index contributed by atoms with van der Waals surface area (Å²) < 4.78 is 5.50. The summed E-state index contributed by atoms with van der Waals surface area (Å²) in [5, 5.41) is 16.4. The Morgan fingerprint density at radius 1 is 1.37 bits per heavy atom. The van der Waals surface area contributed by atoms with Crippen molar-refractivity contribution in [2.75, 3.05) is 19.7 Å². The standard InChI is InChI=1S/C14H18N2O3/c17-13(11-2-1-5-15-11)9-3-4-12-10(8-9)14(18)16-6-7-19-12/h3-4,8,11,13,15,17H,1-2,5-7H2,(H,16,18). The van der Waals surface area contributed by atoms with Crippen molar-refractivity contribution in [2.45, 2.75) is 25.0 Å². The van der Waals surface area contributed by atoms with Crippen molar-refractivity contribution < 1.29 is 14.6 Å². The summed E-state index contributed by atoms with van der Waals surface area (Å²) in [5.41, 5.74) is 1.27. The third-order valence-electron chi connectivity index (χ3n) is 3.71. The zero-order chi connectivity index (χ0) is 13.2. The molecule has 2 heterocycles. The van der Waals surface area contributed by atoms with Crippen LogP contribution in [0.3, 0.4) is 0 Å². The van der Waals surface area contributed by atoms with Gasteiger partial charge in [0.1, 0.15) is 12.4 Å². The van der Waals surface area contributed by atoms with Crippen molar-refractivity contribution >= 4 is 5.91 Å². The number of ether oxygens (including phenoxy) is 1. The van der Waals surface area contributed by atoms with E-state index >= 15 is 0 Å². The van der Waals surface area contributed by atoms with Crippen molar-refractivity contribution in [2.24, 2.45) is 0 Å². The minimum absolute atomic E-state index is 0.0767. The predicted molar refractivity (Wildman–Crippen MR) is 70.3 cm³/mol. The maximum atomic E-state index is 11.9. The molecular weight excluding hydrogens is 244 g/mol. The highest BCUT2D eigenvalue weighted by molar-refractivity contribution is 5.97. The van der Waals surface area contributed by atoms with Gasteiger partial charge < -0.3 is 20.5 Å². The molecule has 1 aromatic rings. The quantitative estimate of drug-likeness (QED) is 0.729. The van der Waals surface area contributed by atoms with Crippen LogP contribution in [0.25, 0.3) is 0 Å². The molecule has 0 saturated carbocycles. The molecular formula is C14H18N2O3. The Kier molecular flexibility index (Phi) is 3.40. The van der Waals surface area contributed by atoms with Crippen molar-refractivity contribution in [1.82, 2.24) is 10.6 Å². The molecule has 2 atom stereocenters. The molecule has 0 aliphatic carbocycles. The van der Waals surface area contributed by atoms with E-state index in [9.17, 15) is 9.90 Å². The molecule has 3 N–H and O–H groups in total. The zero-order valence-electron chi connectivity index (χ0n) is 10.7. The van der Waals surface area contributed by atoms with E-state index in [4.69, 9.17) is 4.74 Å². The Balaban J connectivity index is 1.89. The maximum Gasteiger partial charge on any atom is 0.255 e. The van der Waals surface area contributed by atoms with Gasteiger partial charge in [0.05, 0.1) is 18.2 Å². The lowest BCUT2D eigenvalue weighted by Gasteiger charge is -2.19. The van der Waals surface area contributed by atoms with Gasteiger partial charge in [0.2, 0.25) is 0 Å². The second kappa shape index (κ2) is 5.19. The largest absolute Gasteiger partial charge is 0.491 e. The highest BCUT2D eigenvalue weighted by atomic mass is 16.5. The molecule has 5 nitrogen and oxygen atoms in total. The summed E-state index contributed by atoms with van der Waals surface area (Å²) in [6, 6.07) is 5.42. The molecule has 19 heavy (non-hydrogen) atoms. The molecule has 3 rings (SSSR count). The summed E-state index contributed by atoms with van der Waals surface area (Å²) in [7, 11) is 0. The van der Waals surface area contributed by atoms with Gasteiger partial charge in [-0.2, -0.15) is 0 Å². The van der Waals surface area contributed by atoms with Crippen molar-refractivity contribution in [3.05, 3.63) is 29.3 Å². The third-order valence-corrected chi connectivity index (χ3v) is 3.71. The smallest absolute Gasteiger partial charge is 0.255 e. The average Bonchev–Trinajstić information content (AvgIpc) is 2.90. The number of aliphatic hydroxyl groups is 1. The van der Waals surface area contributed by atoms with Crippen LogP contribution >= 0.6 is 0 Å². The van der Waals surface area contributed by atoms with Crippen molar-refractivity contribution in [3.63, 3.8) is 0 Å². The first-order valence-electron chi connectivity index (χ1n) is 6.72. The van der Waals surface area contributed by atoms with E-state index in [0.717, 1.165) is 24.9 Å². The first kappa shape index (κ1) is 12.4. The van der Waals surface area contributed by atoms with Crippen LogP contribution < -0.4 is 15.4 Å². The molecule has 1 saturated heterocycles. The van der Waals surface area contributed by atoms with Crippen LogP contribution in [0.2, 0.25) is 0 Å². The number of carbonyl (C=O) groups is 1. The maximum absolute atomic E-state index is 11.9. The number of nitrogens with one attached hydrogen (secondary N) is 2. The van der Waals surface area contributed by atoms with E-state index in [2.05, 4.69) is 10.6 Å². The Hall–Kier alpha value is -1.59. The van der Waals surface area contributed by atoms with Gasteiger partial charge in [-0.05, 0) is 37.1 Å². The Morgan fingerprint density at radius 2 is 2.26 bits per heavy atom. The lowest BCUT2D eigenvalue weighted by atomic mass is 9.98. The van der Waals surface area contributed by atoms with E-state index in [1.807, 2.05) is 6.07 Å². The summed E-state index contributed by atoms with van der Waals surface area (Å²) in [4.78, 5) is 11.9. The second-order valence-electron chi connectivity index (χ2n) is 5.01. The van der Waals surface area contributed by atoms with Crippen LogP contribution in [0.5, 0.6) is 5.75 Å². The number of carbonyl (C=O) groups excluding carboxylic acids is 1. The molecule has 2 aliphatic heterocycles. The van der Waals surface area contributed by atoms with Crippen molar-refractivity contribution in [1.29, 1.82) is 0 Å². The molecule has 2 aliphatic rings. The summed E-state index contributed by atoms with van der Waals surface area (Å²) >= 11 is 0. The van der Waals surface area contributed by atoms with Crippen LogP contribution in [0.1, 0.15) is 34.9 Å². The van der Waals surface area contributed by atoms with Gasteiger partial charge in [-0.1, -0.05) is 6.07 Å². The Bertz CT molecular complexity index is 484. The molecule has 0 spiro atoms. The van der Waals surface area contributed by atoms with Crippen molar-refractivity contribution in [3.8, 4) is 5.75 Å². The first-order valence-corrected chi connectivity index (χ1v) is 6.72. The number of aliphatic hydroxyl groups excluding tert-OH is 1. The molecule has 1 aromatic carbocycles. The number of fused-ring (bicyclic) bond motifs is 1. The monoisotopic (exact) mass is 262 g/mol. The fourth-order valence-corrected chi connectivity index (χ4v) is 2.67. The SMILES string of the molecule is O=C1NCCOc2ccc(C(O)C3CCCN3)cc21. The molecule has 1 fully saturated rings. The molecule has 5 heteroatoms. The van der Waals surface area contributed by atoms with E-state index in [-0.39, 0.29) is 11.9 Å². The lowest BCUT2D eigenvalue weighted by molar-refractivity contribution is 0.0956. The predicted octanol–water partition coefficient (Wildman–Crippen LogP) is 0.594. The fourth-order valence-electron chi connectivity index (χ4n) is 2.67. The molecule has 1 amide bonds. The average molecular weight is 262 g/mol. The number of benzene rings is 1. The molecule has 0 aromatic heterocycles. The molecule has 2 unspecified atom stereocenters. The second-order valence-corrected chi connectivity index (χ2v) is 5.01. The van der Waals surface area contributed by atoms with Gasteiger partial charge in [0.25, 0.3) is 5.91 Å². The van der Waals surface area contributed by atoms with Gasteiger partial charge in [-0.15, -0.1) is 0 Å². The minimum Gasteiger partial charge on any atom is -0.491 e. The normalized spacial score (nSPS) is 24.1. The number of amides is 1. The van der Waals surface area contributed by atoms with E-state index in [1.54, 1.807) is 12.1 Å². The van der Waals surface area contributed by atoms with Gasteiger partial charge in [0.15, 0.2) is 0 Å². The molecule has 0 bridgehead atoms. The Morgan fingerprint density at radius 3 is 3.05 bits per heavy atom. The van der Waals surface area contributed by atoms with Crippen LogP contribution in [0.15, 0.2) is 18.2 Å². The van der Waals surface area contributed by atoms with Gasteiger partial charge in [0, 0.05) is 6.04 Å². The highest BCUT2D eigenvalue weighted by Gasteiger charge is 2.26. The van der Waals surface area contributed by atoms with Gasteiger partial charge in [-0.3, -0.25) is 4.79 Å². The summed E-state index contributed by atoms with van der Waals surface area (Å²) in [5.74, 6) is 0.450. The van der Waals surface area contributed by atoms with E-state index < -0.39 is 6.10 Å². The lowest BCUT2D eigenvalue weighted by Crippen LogP contribution is -2.29. The summed E-state index contributed by atoms with van der Waals surface area (Å²) in [6.45, 7) is 1.93. The summed E-state index contributed by atoms with van der Waals surface area (Å²) in [6.07, 6.45) is 1.46. The van der Waals surface area contributed by atoms with Gasteiger partial charge >= 0.3 is 0 Å². The van der Waals surface area contributed by atoms with Gasteiger partial charge in [-0.25, -0.2) is 0 Å². The minimum atomic E-state index is -0.580. The highest BCUT2D eigenvalue weighted by Crippen LogP contribution is 2.28. The molecule has 0 radical (unpaired) electrons.